The van der Waals surface area contributed by atoms with Gasteiger partial charge in [0.05, 0.1) is 37.0 Å². The molecular weight excluding hydrogens is 398 g/mol. The van der Waals surface area contributed by atoms with Gasteiger partial charge in [-0.1, -0.05) is 0 Å². The van der Waals surface area contributed by atoms with Gasteiger partial charge in [-0.25, -0.2) is 4.79 Å². The topological polar surface area (TPSA) is 78.9 Å². The fraction of sp³-hybridized carbons (Fsp3) is 0.375. The Labute approximate surface area is 154 Å². The van der Waals surface area contributed by atoms with E-state index in [0.717, 1.165) is 12.0 Å². The molecule has 12 heteroatoms. The number of β-amino-alcohol motifs (C(OH)–C–C–N with tert-alkyl or cyclic N) is 1. The van der Waals surface area contributed by atoms with Gasteiger partial charge >= 0.3 is 18.3 Å². The van der Waals surface area contributed by atoms with E-state index in [9.17, 15) is 35.9 Å². The minimum absolute atomic E-state index is 0.0602. The highest BCUT2D eigenvalue weighted by Crippen LogP contribution is 2.38. The first kappa shape index (κ1) is 21.5. The second-order valence-corrected chi connectivity index (χ2v) is 5.72. The van der Waals surface area contributed by atoms with Crippen LogP contribution in [0.3, 0.4) is 0 Å². The Morgan fingerprint density at radius 1 is 1.14 bits per heavy atom. The van der Waals surface area contributed by atoms with Crippen LogP contribution in [0.2, 0.25) is 0 Å². The third-order valence-electron chi connectivity index (χ3n) is 3.81. The number of ether oxygens (including phenoxy) is 1. The van der Waals surface area contributed by atoms with Gasteiger partial charge < -0.3 is 20.1 Å². The van der Waals surface area contributed by atoms with Crippen molar-refractivity contribution in [1.29, 1.82) is 0 Å². The molecule has 1 amide bonds. The van der Waals surface area contributed by atoms with E-state index >= 15 is 0 Å². The number of amides is 1. The lowest BCUT2D eigenvalue weighted by Gasteiger charge is -2.17. The molecule has 6 nitrogen and oxygen atoms in total. The van der Waals surface area contributed by atoms with Gasteiger partial charge in [0.25, 0.3) is 5.91 Å². The molecule has 0 spiro atoms. The molecule has 0 radical (unpaired) electrons. The summed E-state index contributed by atoms with van der Waals surface area (Å²) in [5.41, 5.74) is -4.65. The molecule has 1 aromatic rings. The fourth-order valence-corrected chi connectivity index (χ4v) is 2.52. The quantitative estimate of drug-likeness (QED) is 0.574. The molecule has 2 N–H and O–H groups in total. The molecule has 154 valence electrons. The van der Waals surface area contributed by atoms with E-state index in [1.807, 2.05) is 0 Å². The molecule has 1 aliphatic heterocycles. The lowest BCUT2D eigenvalue weighted by atomic mass is 10.1. The van der Waals surface area contributed by atoms with Gasteiger partial charge in [-0.2, -0.15) is 26.3 Å². The summed E-state index contributed by atoms with van der Waals surface area (Å²) in [4.78, 5) is 25.2. The number of methoxy groups -OCH3 is 1. The number of alkyl halides is 6. The Morgan fingerprint density at radius 3 is 2.11 bits per heavy atom. The molecule has 0 aliphatic carbocycles. The highest BCUT2D eigenvalue weighted by atomic mass is 19.4. The van der Waals surface area contributed by atoms with Crippen LogP contribution in [0, 0.1) is 0 Å². The Balaban J connectivity index is 2.52. The van der Waals surface area contributed by atoms with Gasteiger partial charge in [-0.3, -0.25) is 4.79 Å². The molecule has 0 fully saturated rings. The summed E-state index contributed by atoms with van der Waals surface area (Å²) < 4.78 is 82.3. The molecule has 28 heavy (non-hydrogen) atoms. The van der Waals surface area contributed by atoms with E-state index in [1.165, 1.54) is 0 Å². The van der Waals surface area contributed by atoms with Crippen LogP contribution in [-0.4, -0.2) is 48.7 Å². The minimum Gasteiger partial charge on any atom is -0.466 e. The largest absolute Gasteiger partial charge is 0.466 e. The molecule has 0 saturated carbocycles. The monoisotopic (exact) mass is 412 g/mol. The number of aliphatic hydroxyl groups excluding tert-OH is 1. The van der Waals surface area contributed by atoms with E-state index in [-0.39, 0.29) is 24.7 Å². The second-order valence-electron chi connectivity index (χ2n) is 5.72. The zero-order chi connectivity index (χ0) is 21.3. The molecule has 1 heterocycles. The van der Waals surface area contributed by atoms with Crippen molar-refractivity contribution in [3.05, 3.63) is 40.6 Å². The number of carbonyl (C=O) groups excluding carboxylic acids is 2. The van der Waals surface area contributed by atoms with Crippen LogP contribution < -0.4 is 5.32 Å². The Bertz CT molecular complexity index is 784. The van der Waals surface area contributed by atoms with Gasteiger partial charge in [0.15, 0.2) is 0 Å². The van der Waals surface area contributed by atoms with Crippen molar-refractivity contribution in [3.8, 4) is 0 Å². The molecule has 1 aromatic carbocycles. The first-order valence-electron chi connectivity index (χ1n) is 7.66. The lowest BCUT2D eigenvalue weighted by Crippen LogP contribution is -2.31. The van der Waals surface area contributed by atoms with Gasteiger partial charge in [-0.05, 0) is 18.2 Å². The van der Waals surface area contributed by atoms with Gasteiger partial charge in [0.2, 0.25) is 0 Å². The number of nitrogens with zero attached hydrogens (tertiary/aromatic N) is 1. The van der Waals surface area contributed by atoms with Crippen LogP contribution in [0.15, 0.2) is 29.5 Å². The van der Waals surface area contributed by atoms with Crippen molar-refractivity contribution in [1.82, 2.24) is 4.90 Å². The number of halogens is 6. The van der Waals surface area contributed by atoms with Crippen molar-refractivity contribution in [2.45, 2.75) is 12.4 Å². The molecule has 2 rings (SSSR count). The average Bonchev–Trinajstić information content (AvgIpc) is 2.89. The summed E-state index contributed by atoms with van der Waals surface area (Å²) in [5, 5.41) is 11.1. The van der Waals surface area contributed by atoms with Crippen molar-refractivity contribution >= 4 is 17.6 Å². The van der Waals surface area contributed by atoms with Crippen LogP contribution in [0.1, 0.15) is 11.1 Å². The maximum absolute atomic E-state index is 13.0. The van der Waals surface area contributed by atoms with E-state index in [4.69, 9.17) is 5.11 Å². The lowest BCUT2D eigenvalue weighted by molar-refractivity contribution is -0.143. The number of aliphatic hydroxyl groups is 1. The number of hydrogen-bond acceptors (Lipinski definition) is 5. The number of hydrogen-bond donors (Lipinski definition) is 2. The van der Waals surface area contributed by atoms with E-state index in [2.05, 4.69) is 10.1 Å². The van der Waals surface area contributed by atoms with Crippen LogP contribution in [-0.2, 0) is 26.7 Å². The number of rotatable bonds is 5. The van der Waals surface area contributed by atoms with Crippen molar-refractivity contribution in [2.75, 3.05) is 32.1 Å². The molecule has 0 bridgehead atoms. The van der Waals surface area contributed by atoms with E-state index in [1.54, 1.807) is 0 Å². The molecule has 0 atom stereocenters. The van der Waals surface area contributed by atoms with E-state index in [0.29, 0.717) is 12.1 Å². The Kier molecular flexibility index (Phi) is 5.92. The molecular formula is C16H14F6N2O4. The number of esters is 1. The van der Waals surface area contributed by atoms with Gasteiger partial charge in [0.1, 0.15) is 5.70 Å². The number of benzene rings is 1. The van der Waals surface area contributed by atoms with Crippen molar-refractivity contribution in [3.63, 3.8) is 0 Å². The summed E-state index contributed by atoms with van der Waals surface area (Å²) in [6, 6.07) is 0.716. The minimum atomic E-state index is -5.07. The summed E-state index contributed by atoms with van der Waals surface area (Å²) >= 11 is 0. The molecule has 0 saturated heterocycles. The predicted molar refractivity (Wildman–Crippen MR) is 82.8 cm³/mol. The average molecular weight is 412 g/mol. The Hall–Kier alpha value is -2.76. The maximum atomic E-state index is 13.0. The molecule has 0 aromatic heterocycles. The van der Waals surface area contributed by atoms with Crippen LogP contribution in [0.4, 0.5) is 32.0 Å². The zero-order valence-electron chi connectivity index (χ0n) is 14.2. The normalized spacial score (nSPS) is 15.3. The standard InChI is InChI=1S/C16H14F6N2O4/c1-28-14(27)11-7-24(2-3-25)13(26)12(11)23-10-5-8(15(17,18)19)4-9(6-10)16(20,21)22/h4-6,23,25H,2-3,7H2,1H3. The predicted octanol–water partition coefficient (Wildman–Crippen LogP) is 2.40. The fourth-order valence-electron chi connectivity index (χ4n) is 2.52. The van der Waals surface area contributed by atoms with Gasteiger partial charge in [0, 0.05) is 12.2 Å². The van der Waals surface area contributed by atoms with E-state index < -0.39 is 53.3 Å². The zero-order valence-corrected chi connectivity index (χ0v) is 14.2. The van der Waals surface area contributed by atoms with Crippen LogP contribution in [0.5, 0.6) is 0 Å². The highest BCUT2D eigenvalue weighted by molar-refractivity contribution is 6.08. The summed E-state index contributed by atoms with van der Waals surface area (Å²) in [6.45, 7) is -0.977. The van der Waals surface area contributed by atoms with Gasteiger partial charge in [-0.15, -0.1) is 0 Å². The summed E-state index contributed by atoms with van der Waals surface area (Å²) in [7, 11) is 0.998. The molecule has 0 unspecified atom stereocenters. The first-order valence-corrected chi connectivity index (χ1v) is 7.66. The van der Waals surface area contributed by atoms with Crippen molar-refractivity contribution in [2.24, 2.45) is 0 Å². The third kappa shape index (κ3) is 4.55. The number of nitrogens with one attached hydrogen (secondary N) is 1. The smallest absolute Gasteiger partial charge is 0.416 e. The van der Waals surface area contributed by atoms with Crippen molar-refractivity contribution < 1.29 is 45.8 Å². The first-order chi connectivity index (χ1) is 12.9. The Morgan fingerprint density at radius 2 is 1.68 bits per heavy atom. The van der Waals surface area contributed by atoms with Crippen LogP contribution in [0.25, 0.3) is 0 Å². The highest BCUT2D eigenvalue weighted by Gasteiger charge is 2.38. The van der Waals surface area contributed by atoms with Crippen LogP contribution >= 0.6 is 0 Å². The SMILES string of the molecule is COC(=O)C1=C(Nc2cc(C(F)(F)F)cc(C(F)(F)F)c2)C(=O)N(CCO)C1. The summed E-state index contributed by atoms with van der Waals surface area (Å²) in [6.07, 6.45) is -10.1. The summed E-state index contributed by atoms with van der Waals surface area (Å²) in [5.74, 6) is -1.86. The second kappa shape index (κ2) is 7.70. The third-order valence-corrected chi connectivity index (χ3v) is 3.81. The number of carbonyl (C=O) groups is 2. The number of anilines is 1. The molecule has 1 aliphatic rings. The maximum Gasteiger partial charge on any atom is 0.416 e.